The standard InChI is InChI=1S/C21H27N3O4/c1-3-27-17-9-7-16(8-10-17)20-18-6-5-13-23(18)14-15-24(20)21(26)22-12-11-19(25)28-4-2/h5-10,13,20H,3-4,11-12,14-15H2,1-2H3,(H,22,26)/t20-/m1/s1. The van der Waals surface area contributed by atoms with Gasteiger partial charge in [-0.15, -0.1) is 0 Å². The van der Waals surface area contributed by atoms with E-state index in [1.165, 1.54) is 0 Å². The molecule has 1 aromatic carbocycles. The van der Waals surface area contributed by atoms with Gasteiger partial charge in [0, 0.05) is 31.5 Å². The number of esters is 1. The Hall–Kier alpha value is -2.96. The topological polar surface area (TPSA) is 72.8 Å². The van der Waals surface area contributed by atoms with Gasteiger partial charge in [-0.05, 0) is 43.7 Å². The van der Waals surface area contributed by atoms with Crippen molar-refractivity contribution >= 4 is 12.0 Å². The Morgan fingerprint density at radius 3 is 2.61 bits per heavy atom. The maximum Gasteiger partial charge on any atom is 0.318 e. The molecule has 1 aromatic heterocycles. The molecule has 2 amide bonds. The highest BCUT2D eigenvalue weighted by Crippen LogP contribution is 2.33. The van der Waals surface area contributed by atoms with Crippen LogP contribution >= 0.6 is 0 Å². The van der Waals surface area contributed by atoms with Crippen molar-refractivity contribution in [2.75, 3.05) is 26.3 Å². The van der Waals surface area contributed by atoms with Gasteiger partial charge in [-0.1, -0.05) is 12.1 Å². The molecule has 7 nitrogen and oxygen atoms in total. The second-order valence-corrected chi connectivity index (χ2v) is 6.51. The third-order valence-electron chi connectivity index (χ3n) is 4.72. The van der Waals surface area contributed by atoms with Crippen LogP contribution in [0.15, 0.2) is 42.6 Å². The first kappa shape index (κ1) is 19.8. The predicted octanol–water partition coefficient (Wildman–Crippen LogP) is 2.95. The summed E-state index contributed by atoms with van der Waals surface area (Å²) in [6.07, 6.45) is 2.20. The molecule has 0 saturated heterocycles. The summed E-state index contributed by atoms with van der Waals surface area (Å²) in [5.41, 5.74) is 2.08. The zero-order chi connectivity index (χ0) is 19.9. The second-order valence-electron chi connectivity index (χ2n) is 6.51. The number of aromatic nitrogens is 1. The minimum Gasteiger partial charge on any atom is -0.494 e. The monoisotopic (exact) mass is 385 g/mol. The largest absolute Gasteiger partial charge is 0.494 e. The van der Waals surface area contributed by atoms with Crippen molar-refractivity contribution in [3.05, 3.63) is 53.9 Å². The van der Waals surface area contributed by atoms with Gasteiger partial charge in [0.15, 0.2) is 0 Å². The van der Waals surface area contributed by atoms with Crippen molar-refractivity contribution in [3.63, 3.8) is 0 Å². The highest BCUT2D eigenvalue weighted by atomic mass is 16.5. The van der Waals surface area contributed by atoms with Crippen LogP contribution < -0.4 is 10.1 Å². The molecule has 0 bridgehead atoms. The van der Waals surface area contributed by atoms with E-state index in [0.717, 1.165) is 23.6 Å². The van der Waals surface area contributed by atoms with E-state index in [1.807, 2.05) is 54.4 Å². The van der Waals surface area contributed by atoms with E-state index in [9.17, 15) is 9.59 Å². The number of fused-ring (bicyclic) bond motifs is 1. The molecule has 0 radical (unpaired) electrons. The molecular formula is C21H27N3O4. The molecule has 0 unspecified atom stereocenters. The fourth-order valence-corrected chi connectivity index (χ4v) is 3.47. The first-order valence-electron chi connectivity index (χ1n) is 9.72. The Kier molecular flexibility index (Phi) is 6.57. The van der Waals surface area contributed by atoms with Gasteiger partial charge in [0.2, 0.25) is 0 Å². The molecule has 1 aliphatic rings. The van der Waals surface area contributed by atoms with Crippen molar-refractivity contribution in [2.45, 2.75) is 32.9 Å². The molecule has 28 heavy (non-hydrogen) atoms. The van der Waals surface area contributed by atoms with Crippen LogP contribution in [0.2, 0.25) is 0 Å². The van der Waals surface area contributed by atoms with Crippen molar-refractivity contribution < 1.29 is 19.1 Å². The molecule has 1 N–H and O–H groups in total. The number of rotatable bonds is 7. The van der Waals surface area contributed by atoms with Crippen LogP contribution in [0.1, 0.15) is 37.6 Å². The van der Waals surface area contributed by atoms with Gasteiger partial charge in [0.25, 0.3) is 0 Å². The molecule has 7 heteroatoms. The summed E-state index contributed by atoms with van der Waals surface area (Å²) in [6.45, 7) is 6.25. The van der Waals surface area contributed by atoms with E-state index < -0.39 is 0 Å². The average Bonchev–Trinajstić information content (AvgIpc) is 3.17. The number of ether oxygens (including phenoxy) is 2. The Morgan fingerprint density at radius 1 is 1.11 bits per heavy atom. The third kappa shape index (κ3) is 4.47. The number of hydrogen-bond acceptors (Lipinski definition) is 4. The van der Waals surface area contributed by atoms with Crippen LogP contribution in [-0.4, -0.2) is 47.8 Å². The molecular weight excluding hydrogens is 358 g/mol. The molecule has 0 fully saturated rings. The van der Waals surface area contributed by atoms with E-state index >= 15 is 0 Å². The van der Waals surface area contributed by atoms with Crippen LogP contribution in [0.25, 0.3) is 0 Å². The van der Waals surface area contributed by atoms with Gasteiger partial charge in [-0.3, -0.25) is 4.79 Å². The Balaban J connectivity index is 1.75. The highest BCUT2D eigenvalue weighted by molar-refractivity contribution is 5.76. The van der Waals surface area contributed by atoms with Crippen LogP contribution in [0.5, 0.6) is 5.75 Å². The van der Waals surface area contributed by atoms with Crippen molar-refractivity contribution in [3.8, 4) is 5.75 Å². The third-order valence-corrected chi connectivity index (χ3v) is 4.72. The van der Waals surface area contributed by atoms with Gasteiger partial charge in [0.1, 0.15) is 5.75 Å². The predicted molar refractivity (Wildman–Crippen MR) is 105 cm³/mol. The van der Waals surface area contributed by atoms with E-state index in [-0.39, 0.29) is 31.0 Å². The number of nitrogens with zero attached hydrogens (tertiary/aromatic N) is 2. The minimum absolute atomic E-state index is 0.164. The summed E-state index contributed by atoms with van der Waals surface area (Å²) < 4.78 is 12.6. The molecule has 1 aliphatic heterocycles. The van der Waals surface area contributed by atoms with Gasteiger partial charge < -0.3 is 24.3 Å². The zero-order valence-corrected chi connectivity index (χ0v) is 16.4. The van der Waals surface area contributed by atoms with Crippen LogP contribution in [-0.2, 0) is 16.1 Å². The smallest absolute Gasteiger partial charge is 0.318 e. The van der Waals surface area contributed by atoms with Gasteiger partial charge >= 0.3 is 12.0 Å². The Labute approximate surface area is 165 Å². The number of hydrogen-bond donors (Lipinski definition) is 1. The Bertz CT molecular complexity index is 800. The summed E-state index contributed by atoms with van der Waals surface area (Å²) in [7, 11) is 0. The number of nitrogens with one attached hydrogen (secondary N) is 1. The number of carbonyl (C=O) groups is 2. The lowest BCUT2D eigenvalue weighted by atomic mass is 10.00. The molecule has 0 aliphatic carbocycles. The first-order valence-corrected chi connectivity index (χ1v) is 9.72. The number of urea groups is 1. The second kappa shape index (κ2) is 9.30. The van der Waals surface area contributed by atoms with E-state index in [1.54, 1.807) is 6.92 Å². The molecule has 3 rings (SSSR count). The van der Waals surface area contributed by atoms with Crippen LogP contribution in [0, 0.1) is 0 Å². The molecule has 150 valence electrons. The number of benzene rings is 1. The normalized spacial score (nSPS) is 15.6. The lowest BCUT2D eigenvalue weighted by molar-refractivity contribution is -0.142. The quantitative estimate of drug-likeness (QED) is 0.744. The van der Waals surface area contributed by atoms with Gasteiger partial charge in [0.05, 0.1) is 25.7 Å². The number of amides is 2. The molecule has 0 spiro atoms. The van der Waals surface area contributed by atoms with E-state index in [0.29, 0.717) is 19.8 Å². The summed E-state index contributed by atoms with van der Waals surface area (Å²) in [4.78, 5) is 26.2. The molecule has 2 aromatic rings. The molecule has 2 heterocycles. The SMILES string of the molecule is CCOC(=O)CCNC(=O)N1CCn2cccc2[C@H]1c1ccc(OCC)cc1. The van der Waals surface area contributed by atoms with E-state index in [2.05, 4.69) is 9.88 Å². The van der Waals surface area contributed by atoms with Crippen LogP contribution in [0.3, 0.4) is 0 Å². The maximum atomic E-state index is 12.9. The van der Waals surface area contributed by atoms with Crippen molar-refractivity contribution in [2.24, 2.45) is 0 Å². The summed E-state index contributed by atoms with van der Waals surface area (Å²) in [6, 6.07) is 11.5. The average molecular weight is 385 g/mol. The first-order chi connectivity index (χ1) is 13.6. The van der Waals surface area contributed by atoms with Crippen molar-refractivity contribution in [1.82, 2.24) is 14.8 Å². The minimum atomic E-state index is -0.307. The van der Waals surface area contributed by atoms with Gasteiger partial charge in [-0.25, -0.2) is 4.79 Å². The zero-order valence-electron chi connectivity index (χ0n) is 16.4. The maximum absolute atomic E-state index is 12.9. The van der Waals surface area contributed by atoms with Crippen molar-refractivity contribution in [1.29, 1.82) is 0 Å². The van der Waals surface area contributed by atoms with Gasteiger partial charge in [-0.2, -0.15) is 0 Å². The summed E-state index contributed by atoms with van der Waals surface area (Å²) in [5.74, 6) is 0.501. The lowest BCUT2D eigenvalue weighted by Gasteiger charge is -2.37. The Morgan fingerprint density at radius 2 is 1.89 bits per heavy atom. The lowest BCUT2D eigenvalue weighted by Crippen LogP contribution is -2.47. The molecule has 0 saturated carbocycles. The molecule has 1 atom stereocenters. The fourth-order valence-electron chi connectivity index (χ4n) is 3.47. The summed E-state index contributed by atoms with van der Waals surface area (Å²) in [5, 5.41) is 2.85. The number of carbonyl (C=O) groups excluding carboxylic acids is 2. The highest BCUT2D eigenvalue weighted by Gasteiger charge is 2.32. The summed E-state index contributed by atoms with van der Waals surface area (Å²) >= 11 is 0. The van der Waals surface area contributed by atoms with E-state index in [4.69, 9.17) is 9.47 Å². The fraction of sp³-hybridized carbons (Fsp3) is 0.429. The van der Waals surface area contributed by atoms with Crippen LogP contribution in [0.4, 0.5) is 4.79 Å².